The number of carbonyl (C=O) groups is 1. The van der Waals surface area contributed by atoms with Crippen LogP contribution in [0.2, 0.25) is 0 Å². The van der Waals surface area contributed by atoms with E-state index >= 15 is 0 Å². The maximum absolute atomic E-state index is 12.4. The summed E-state index contributed by atoms with van der Waals surface area (Å²) in [7, 11) is 1.64. The summed E-state index contributed by atoms with van der Waals surface area (Å²) in [6.45, 7) is 5.27. The molecule has 0 N–H and O–H groups in total. The zero-order valence-corrected chi connectivity index (χ0v) is 11.3. The van der Waals surface area contributed by atoms with E-state index in [4.69, 9.17) is 4.74 Å². The molecule has 0 unspecified atom stereocenters. The third kappa shape index (κ3) is 3.77. The molecule has 0 aliphatic carbocycles. The average Bonchev–Trinajstić information content (AvgIpc) is 2.43. The van der Waals surface area contributed by atoms with E-state index in [9.17, 15) is 4.79 Å². The Morgan fingerprint density at radius 3 is 2.61 bits per heavy atom. The van der Waals surface area contributed by atoms with Crippen LogP contribution in [-0.4, -0.2) is 47.1 Å². The van der Waals surface area contributed by atoms with E-state index in [0.29, 0.717) is 18.8 Å². The van der Waals surface area contributed by atoms with Crippen molar-refractivity contribution in [3.63, 3.8) is 0 Å². The van der Waals surface area contributed by atoms with Crippen molar-refractivity contribution >= 4 is 5.91 Å². The number of methoxy groups -OCH3 is 1. The predicted octanol–water partition coefficient (Wildman–Crippen LogP) is 1.75. The van der Waals surface area contributed by atoms with Gasteiger partial charge in [-0.15, -0.1) is 0 Å². The van der Waals surface area contributed by atoms with Crippen molar-refractivity contribution in [2.24, 2.45) is 0 Å². The van der Waals surface area contributed by atoms with Crippen LogP contribution in [0.25, 0.3) is 0 Å². The Morgan fingerprint density at radius 2 is 2.11 bits per heavy atom. The fourth-order valence-electron chi connectivity index (χ4n) is 1.93. The summed E-state index contributed by atoms with van der Waals surface area (Å²) >= 11 is 0. The van der Waals surface area contributed by atoms with Gasteiger partial charge in [0.2, 0.25) is 0 Å². The monoisotopic (exact) mass is 251 g/mol. The first-order valence-corrected chi connectivity index (χ1v) is 6.30. The van der Waals surface area contributed by atoms with Gasteiger partial charge < -0.3 is 9.64 Å². The maximum atomic E-state index is 12.4. The third-order valence-corrected chi connectivity index (χ3v) is 2.96. The first-order valence-electron chi connectivity index (χ1n) is 6.30. The van der Waals surface area contributed by atoms with Crippen molar-refractivity contribution in [1.82, 2.24) is 14.9 Å². The molecule has 0 atom stereocenters. The largest absolute Gasteiger partial charge is 0.383 e. The molecule has 1 rings (SSSR count). The highest BCUT2D eigenvalue weighted by molar-refractivity contribution is 5.92. The topological polar surface area (TPSA) is 55.3 Å². The summed E-state index contributed by atoms with van der Waals surface area (Å²) in [6.07, 6.45) is 6.45. The van der Waals surface area contributed by atoms with Crippen LogP contribution in [0.4, 0.5) is 0 Å². The standard InChI is InChI=1S/C13H21N3O2/c1-4-11(5-2)16(8-9-18-3)13(17)12-10-14-6-7-15-12/h6-7,10-11H,4-5,8-9H2,1-3H3. The highest BCUT2D eigenvalue weighted by Gasteiger charge is 2.22. The van der Waals surface area contributed by atoms with Gasteiger partial charge in [-0.2, -0.15) is 0 Å². The van der Waals surface area contributed by atoms with Crippen LogP contribution in [0.15, 0.2) is 18.6 Å². The second kappa shape index (κ2) is 7.76. The van der Waals surface area contributed by atoms with Gasteiger partial charge in [-0.3, -0.25) is 9.78 Å². The molecular weight excluding hydrogens is 230 g/mol. The van der Waals surface area contributed by atoms with Crippen molar-refractivity contribution in [2.45, 2.75) is 32.7 Å². The molecule has 0 saturated carbocycles. The number of carbonyl (C=O) groups excluding carboxylic acids is 1. The van der Waals surface area contributed by atoms with Crippen LogP contribution in [0.5, 0.6) is 0 Å². The van der Waals surface area contributed by atoms with Gasteiger partial charge in [-0.25, -0.2) is 4.98 Å². The number of amides is 1. The lowest BCUT2D eigenvalue weighted by Crippen LogP contribution is -2.42. The molecule has 0 spiro atoms. The molecule has 0 aliphatic rings. The molecule has 5 nitrogen and oxygen atoms in total. The third-order valence-electron chi connectivity index (χ3n) is 2.96. The summed E-state index contributed by atoms with van der Waals surface area (Å²) in [5, 5.41) is 0. The van der Waals surface area contributed by atoms with E-state index in [2.05, 4.69) is 23.8 Å². The lowest BCUT2D eigenvalue weighted by molar-refractivity contribution is 0.0583. The van der Waals surface area contributed by atoms with Gasteiger partial charge in [0.1, 0.15) is 5.69 Å². The summed E-state index contributed by atoms with van der Waals surface area (Å²) < 4.78 is 5.07. The van der Waals surface area contributed by atoms with Crippen LogP contribution in [0, 0.1) is 0 Å². The minimum absolute atomic E-state index is 0.0751. The van der Waals surface area contributed by atoms with Crippen molar-refractivity contribution in [3.05, 3.63) is 24.3 Å². The van der Waals surface area contributed by atoms with Gasteiger partial charge in [0, 0.05) is 32.1 Å². The lowest BCUT2D eigenvalue weighted by atomic mass is 10.1. The maximum Gasteiger partial charge on any atom is 0.274 e. The number of hydrogen-bond donors (Lipinski definition) is 0. The smallest absolute Gasteiger partial charge is 0.274 e. The summed E-state index contributed by atoms with van der Waals surface area (Å²) in [5.41, 5.74) is 0.389. The van der Waals surface area contributed by atoms with E-state index in [1.165, 1.54) is 12.4 Å². The molecule has 1 amide bonds. The predicted molar refractivity (Wildman–Crippen MR) is 69.3 cm³/mol. The Balaban J connectivity index is 2.85. The van der Waals surface area contributed by atoms with Crippen LogP contribution in [0.1, 0.15) is 37.2 Å². The Kier molecular flexibility index (Phi) is 6.28. The number of nitrogens with zero attached hydrogens (tertiary/aromatic N) is 3. The van der Waals surface area contributed by atoms with E-state index in [1.54, 1.807) is 13.3 Å². The molecule has 0 saturated heterocycles. The highest BCUT2D eigenvalue weighted by atomic mass is 16.5. The summed E-state index contributed by atoms with van der Waals surface area (Å²) in [4.78, 5) is 22.2. The fraction of sp³-hybridized carbons (Fsp3) is 0.615. The number of ether oxygens (including phenoxy) is 1. The van der Waals surface area contributed by atoms with E-state index in [-0.39, 0.29) is 11.9 Å². The minimum Gasteiger partial charge on any atom is -0.383 e. The fourth-order valence-corrected chi connectivity index (χ4v) is 1.93. The molecule has 100 valence electrons. The quantitative estimate of drug-likeness (QED) is 0.741. The van der Waals surface area contributed by atoms with E-state index in [1.807, 2.05) is 4.90 Å². The van der Waals surface area contributed by atoms with Crippen LogP contribution >= 0.6 is 0 Å². The van der Waals surface area contributed by atoms with E-state index < -0.39 is 0 Å². The van der Waals surface area contributed by atoms with Gasteiger partial charge in [0.25, 0.3) is 5.91 Å². The molecule has 5 heteroatoms. The number of hydrogen-bond acceptors (Lipinski definition) is 4. The zero-order chi connectivity index (χ0) is 13.4. The average molecular weight is 251 g/mol. The molecule has 1 aromatic heterocycles. The molecule has 0 radical (unpaired) electrons. The molecule has 0 fully saturated rings. The Bertz CT molecular complexity index is 353. The molecule has 0 aromatic carbocycles. The second-order valence-corrected chi connectivity index (χ2v) is 4.05. The normalized spacial score (nSPS) is 10.7. The molecular formula is C13H21N3O2. The van der Waals surface area contributed by atoms with Crippen LogP contribution in [0.3, 0.4) is 0 Å². The molecule has 18 heavy (non-hydrogen) atoms. The lowest BCUT2D eigenvalue weighted by Gasteiger charge is -2.30. The van der Waals surface area contributed by atoms with Crippen LogP contribution in [-0.2, 0) is 4.74 Å². The van der Waals surface area contributed by atoms with Gasteiger partial charge in [0.15, 0.2) is 0 Å². The van der Waals surface area contributed by atoms with Gasteiger partial charge >= 0.3 is 0 Å². The van der Waals surface area contributed by atoms with Gasteiger partial charge in [-0.1, -0.05) is 13.8 Å². The molecule has 1 aromatic rings. The van der Waals surface area contributed by atoms with Gasteiger partial charge in [0.05, 0.1) is 12.8 Å². The van der Waals surface area contributed by atoms with Crippen molar-refractivity contribution in [2.75, 3.05) is 20.3 Å². The Morgan fingerprint density at radius 1 is 1.39 bits per heavy atom. The minimum atomic E-state index is -0.0751. The van der Waals surface area contributed by atoms with Crippen LogP contribution < -0.4 is 0 Å². The zero-order valence-electron chi connectivity index (χ0n) is 11.3. The SMILES string of the molecule is CCC(CC)N(CCOC)C(=O)c1cnccn1. The van der Waals surface area contributed by atoms with Crippen molar-refractivity contribution in [1.29, 1.82) is 0 Å². The van der Waals surface area contributed by atoms with Crippen molar-refractivity contribution < 1.29 is 9.53 Å². The molecule has 0 aliphatic heterocycles. The second-order valence-electron chi connectivity index (χ2n) is 4.05. The summed E-state index contributed by atoms with van der Waals surface area (Å²) in [6, 6.07) is 0.217. The molecule has 0 bridgehead atoms. The first-order chi connectivity index (χ1) is 8.74. The Labute approximate surface area is 108 Å². The summed E-state index contributed by atoms with van der Waals surface area (Å²) in [5.74, 6) is -0.0751. The first kappa shape index (κ1) is 14.6. The van der Waals surface area contributed by atoms with E-state index in [0.717, 1.165) is 12.8 Å². The number of aromatic nitrogens is 2. The Hall–Kier alpha value is -1.49. The highest BCUT2D eigenvalue weighted by Crippen LogP contribution is 2.11. The van der Waals surface area contributed by atoms with Gasteiger partial charge in [-0.05, 0) is 12.8 Å². The number of rotatable bonds is 7. The van der Waals surface area contributed by atoms with Crippen molar-refractivity contribution in [3.8, 4) is 0 Å². The molecule has 1 heterocycles.